The van der Waals surface area contributed by atoms with Gasteiger partial charge in [0.15, 0.2) is 0 Å². The van der Waals surface area contributed by atoms with Crippen molar-refractivity contribution in [2.45, 2.75) is 20.8 Å². The monoisotopic (exact) mass is 405 g/mol. The van der Waals surface area contributed by atoms with Crippen molar-refractivity contribution in [1.82, 2.24) is 10.2 Å². The standard InChI is InChI=1S/C18H19N3O4S2/c1-4-25-18(22)13-6-5-7-14(10-13)21(27(23)24)16-9-8-15(26-16)17-11(2)12(3)19-20-17/h5-10H,4H2,1-3H3,(H,19,20)(H,23,24). The Balaban J connectivity index is 1.98. The zero-order valence-electron chi connectivity index (χ0n) is 15.1. The lowest BCUT2D eigenvalue weighted by Crippen LogP contribution is -2.18. The molecule has 0 radical (unpaired) electrons. The first-order chi connectivity index (χ1) is 12.9. The van der Waals surface area contributed by atoms with Crippen LogP contribution in [0.2, 0.25) is 0 Å². The highest BCUT2D eigenvalue weighted by Crippen LogP contribution is 2.38. The van der Waals surface area contributed by atoms with Crippen LogP contribution in [-0.4, -0.2) is 31.5 Å². The van der Waals surface area contributed by atoms with Crippen molar-refractivity contribution in [2.24, 2.45) is 0 Å². The Morgan fingerprint density at radius 1 is 1.33 bits per heavy atom. The van der Waals surface area contributed by atoms with Crippen molar-refractivity contribution < 1.29 is 18.3 Å². The highest BCUT2D eigenvalue weighted by molar-refractivity contribution is 7.81. The van der Waals surface area contributed by atoms with Gasteiger partial charge in [-0.3, -0.25) is 9.65 Å². The fourth-order valence-electron chi connectivity index (χ4n) is 2.56. The van der Waals surface area contributed by atoms with E-state index in [2.05, 4.69) is 10.2 Å². The Labute approximate surface area is 163 Å². The Hall–Kier alpha value is -2.49. The normalized spacial score (nSPS) is 12.0. The maximum absolute atomic E-state index is 12.0. The van der Waals surface area contributed by atoms with Gasteiger partial charge in [-0.1, -0.05) is 6.07 Å². The van der Waals surface area contributed by atoms with Crippen LogP contribution in [0.25, 0.3) is 10.6 Å². The van der Waals surface area contributed by atoms with Gasteiger partial charge in [-0.05, 0) is 56.7 Å². The number of thiophene rings is 1. The fourth-order valence-corrected chi connectivity index (χ4v) is 4.35. The number of ether oxygens (including phenoxy) is 1. The summed E-state index contributed by atoms with van der Waals surface area (Å²) >= 11 is -0.967. The number of carbonyl (C=O) groups excluding carboxylic acids is 1. The van der Waals surface area contributed by atoms with E-state index in [0.717, 1.165) is 21.8 Å². The minimum absolute atomic E-state index is 0.259. The quantitative estimate of drug-likeness (QED) is 0.473. The molecule has 1 atom stereocenters. The predicted octanol–water partition coefficient (Wildman–Crippen LogP) is 4.21. The van der Waals surface area contributed by atoms with E-state index in [9.17, 15) is 13.6 Å². The smallest absolute Gasteiger partial charge is 0.338 e. The van der Waals surface area contributed by atoms with E-state index in [1.54, 1.807) is 31.2 Å². The molecule has 2 N–H and O–H groups in total. The van der Waals surface area contributed by atoms with E-state index < -0.39 is 17.2 Å². The van der Waals surface area contributed by atoms with Crippen molar-refractivity contribution in [2.75, 3.05) is 10.9 Å². The van der Waals surface area contributed by atoms with Crippen LogP contribution in [0.1, 0.15) is 28.5 Å². The van der Waals surface area contributed by atoms with Crippen molar-refractivity contribution in [3.8, 4) is 10.6 Å². The van der Waals surface area contributed by atoms with Gasteiger partial charge in [-0.25, -0.2) is 13.3 Å². The number of nitrogens with zero attached hydrogens (tertiary/aromatic N) is 2. The number of H-pyrrole nitrogens is 1. The van der Waals surface area contributed by atoms with Gasteiger partial charge >= 0.3 is 5.97 Å². The van der Waals surface area contributed by atoms with Gasteiger partial charge in [-0.15, -0.1) is 11.3 Å². The first-order valence-corrected chi connectivity index (χ1v) is 10.1. The van der Waals surface area contributed by atoms with Gasteiger partial charge in [0.25, 0.3) is 11.3 Å². The summed E-state index contributed by atoms with van der Waals surface area (Å²) in [5, 5.41) is 7.81. The average Bonchev–Trinajstić information content (AvgIpc) is 3.23. The molecule has 0 aliphatic carbocycles. The number of anilines is 2. The second-order valence-electron chi connectivity index (χ2n) is 5.76. The number of aromatic amines is 1. The molecule has 7 nitrogen and oxygen atoms in total. The lowest BCUT2D eigenvalue weighted by atomic mass is 10.2. The number of hydrogen-bond acceptors (Lipinski definition) is 5. The molecule has 0 fully saturated rings. The molecule has 0 spiro atoms. The van der Waals surface area contributed by atoms with Crippen molar-refractivity contribution >= 4 is 39.3 Å². The largest absolute Gasteiger partial charge is 0.462 e. The highest BCUT2D eigenvalue weighted by atomic mass is 32.2. The van der Waals surface area contributed by atoms with Gasteiger partial charge in [0.2, 0.25) is 0 Å². The number of hydrogen-bond donors (Lipinski definition) is 2. The lowest BCUT2D eigenvalue weighted by molar-refractivity contribution is 0.0526. The van der Waals surface area contributed by atoms with Gasteiger partial charge in [-0.2, -0.15) is 5.10 Å². The van der Waals surface area contributed by atoms with Crippen molar-refractivity contribution in [3.05, 3.63) is 53.2 Å². The molecule has 1 unspecified atom stereocenters. The molecule has 0 saturated carbocycles. The summed E-state index contributed by atoms with van der Waals surface area (Å²) in [5.41, 5.74) is 3.56. The summed E-state index contributed by atoms with van der Waals surface area (Å²) in [6, 6.07) is 10.1. The molecular weight excluding hydrogens is 386 g/mol. The number of aromatic nitrogens is 2. The number of aryl methyl sites for hydroxylation is 1. The summed E-state index contributed by atoms with van der Waals surface area (Å²) in [6.45, 7) is 5.90. The Morgan fingerprint density at radius 3 is 2.74 bits per heavy atom. The van der Waals surface area contributed by atoms with Crippen molar-refractivity contribution in [1.29, 1.82) is 0 Å². The fraction of sp³-hybridized carbons (Fsp3) is 0.222. The maximum Gasteiger partial charge on any atom is 0.338 e. The molecule has 142 valence electrons. The van der Waals surface area contributed by atoms with Crippen LogP contribution in [0.4, 0.5) is 10.7 Å². The van der Waals surface area contributed by atoms with Crippen LogP contribution < -0.4 is 4.31 Å². The molecular formula is C18H19N3O4S2. The number of carbonyl (C=O) groups is 1. The van der Waals surface area contributed by atoms with Crippen LogP contribution in [-0.2, 0) is 16.0 Å². The van der Waals surface area contributed by atoms with E-state index >= 15 is 0 Å². The van der Waals surface area contributed by atoms with Crippen LogP contribution >= 0.6 is 11.3 Å². The predicted molar refractivity (Wildman–Crippen MR) is 107 cm³/mol. The lowest BCUT2D eigenvalue weighted by Gasteiger charge is -2.18. The molecule has 0 bridgehead atoms. The maximum atomic E-state index is 12.0. The van der Waals surface area contributed by atoms with E-state index in [1.807, 2.05) is 19.9 Å². The Bertz CT molecular complexity index is 996. The SMILES string of the molecule is CCOC(=O)c1cccc(N(c2ccc(-c3n[nH]c(C)c3C)s2)S(=O)O)c1. The van der Waals surface area contributed by atoms with E-state index in [-0.39, 0.29) is 6.61 Å². The van der Waals surface area contributed by atoms with Crippen molar-refractivity contribution in [3.63, 3.8) is 0 Å². The molecule has 3 aromatic rings. The molecule has 2 aromatic heterocycles. The van der Waals surface area contributed by atoms with Gasteiger partial charge in [0, 0.05) is 5.69 Å². The number of nitrogens with one attached hydrogen (secondary N) is 1. The molecule has 0 aliphatic heterocycles. The number of rotatable bonds is 6. The minimum Gasteiger partial charge on any atom is -0.462 e. The third-order valence-electron chi connectivity index (χ3n) is 4.03. The second kappa shape index (κ2) is 8.03. The molecule has 9 heteroatoms. The molecule has 0 aliphatic rings. The van der Waals surface area contributed by atoms with Crippen LogP contribution in [0.3, 0.4) is 0 Å². The number of esters is 1. The van der Waals surface area contributed by atoms with Gasteiger partial charge < -0.3 is 4.74 Å². The molecule has 1 aromatic carbocycles. The summed E-state index contributed by atoms with van der Waals surface area (Å²) in [7, 11) is 0. The van der Waals surface area contributed by atoms with Gasteiger partial charge in [0.1, 0.15) is 10.7 Å². The van der Waals surface area contributed by atoms with E-state index in [4.69, 9.17) is 4.74 Å². The summed E-state index contributed by atoms with van der Waals surface area (Å²) in [4.78, 5) is 12.8. The molecule has 2 heterocycles. The first-order valence-electron chi connectivity index (χ1n) is 8.22. The van der Waals surface area contributed by atoms with Crippen LogP contribution in [0.5, 0.6) is 0 Å². The average molecular weight is 406 g/mol. The molecule has 3 rings (SSSR count). The highest BCUT2D eigenvalue weighted by Gasteiger charge is 2.20. The molecule has 0 amide bonds. The van der Waals surface area contributed by atoms with E-state index in [0.29, 0.717) is 16.3 Å². The van der Waals surface area contributed by atoms with Crippen LogP contribution in [0, 0.1) is 13.8 Å². The summed E-state index contributed by atoms with van der Waals surface area (Å²) < 4.78 is 28.1. The third kappa shape index (κ3) is 3.95. The topological polar surface area (TPSA) is 95.5 Å². The zero-order valence-corrected chi connectivity index (χ0v) is 16.7. The zero-order chi connectivity index (χ0) is 19.6. The van der Waals surface area contributed by atoms with Crippen LogP contribution in [0.15, 0.2) is 36.4 Å². The van der Waals surface area contributed by atoms with Gasteiger partial charge in [0.05, 0.1) is 22.7 Å². The number of benzene rings is 1. The Kier molecular flexibility index (Phi) is 5.73. The molecule has 0 saturated heterocycles. The molecule has 27 heavy (non-hydrogen) atoms. The summed E-state index contributed by atoms with van der Waals surface area (Å²) in [6.07, 6.45) is 0. The summed E-state index contributed by atoms with van der Waals surface area (Å²) in [5.74, 6) is -0.475. The first kappa shape index (κ1) is 19.3. The Morgan fingerprint density at radius 2 is 2.11 bits per heavy atom. The third-order valence-corrected chi connectivity index (χ3v) is 5.94. The van der Waals surface area contributed by atoms with E-state index in [1.165, 1.54) is 21.7 Å². The minimum atomic E-state index is -2.31. The second-order valence-corrected chi connectivity index (χ2v) is 7.64.